The number of pyridine rings is 1. The van der Waals surface area contributed by atoms with Gasteiger partial charge in [0.25, 0.3) is 5.91 Å². The third-order valence-corrected chi connectivity index (χ3v) is 5.31. The maximum atomic E-state index is 13.2. The number of alkyl halides is 3. The third-order valence-electron chi connectivity index (χ3n) is 4.94. The van der Waals surface area contributed by atoms with Crippen LogP contribution >= 0.6 is 11.6 Å². The lowest BCUT2D eigenvalue weighted by atomic mass is 10.1. The van der Waals surface area contributed by atoms with Gasteiger partial charge in [-0.1, -0.05) is 23.7 Å². The second kappa shape index (κ2) is 10.3. The Morgan fingerprint density at radius 2 is 1.79 bits per heavy atom. The van der Waals surface area contributed by atoms with Gasteiger partial charge in [0.1, 0.15) is 5.82 Å². The molecule has 1 amide bonds. The van der Waals surface area contributed by atoms with Crippen molar-refractivity contribution in [3.05, 3.63) is 94.0 Å². The van der Waals surface area contributed by atoms with Crippen LogP contribution in [-0.4, -0.2) is 27.6 Å². The fraction of sp³-hybridized carbons (Fsp3) is 0.217. The molecule has 5 nitrogen and oxygen atoms in total. The first kappa shape index (κ1) is 24.6. The number of aliphatic hydroxyl groups is 2. The number of halogens is 5. The molecule has 33 heavy (non-hydrogen) atoms. The van der Waals surface area contributed by atoms with Crippen LogP contribution in [0.2, 0.25) is 5.02 Å². The second-order valence-corrected chi connectivity index (χ2v) is 7.57. The summed E-state index contributed by atoms with van der Waals surface area (Å²) in [5, 5.41) is 20.4. The van der Waals surface area contributed by atoms with E-state index in [1.807, 2.05) is 0 Å². The lowest BCUT2D eigenvalue weighted by molar-refractivity contribution is -0.137. The van der Waals surface area contributed by atoms with Gasteiger partial charge in [0, 0.05) is 35.6 Å². The Morgan fingerprint density at radius 1 is 1.09 bits per heavy atom. The maximum absolute atomic E-state index is 13.2. The molecule has 0 bridgehead atoms. The predicted molar refractivity (Wildman–Crippen MR) is 114 cm³/mol. The maximum Gasteiger partial charge on any atom is 0.417 e. The lowest BCUT2D eigenvalue weighted by Crippen LogP contribution is -2.37. The zero-order valence-corrected chi connectivity index (χ0v) is 17.8. The van der Waals surface area contributed by atoms with Crippen LogP contribution < -0.4 is 4.90 Å². The van der Waals surface area contributed by atoms with Gasteiger partial charge in [0.2, 0.25) is 0 Å². The average molecular weight is 483 g/mol. The summed E-state index contributed by atoms with van der Waals surface area (Å²) < 4.78 is 51.5. The number of amides is 1. The first-order chi connectivity index (χ1) is 15.6. The zero-order chi connectivity index (χ0) is 24.2. The molecular formula is C23H19ClF4N2O3. The van der Waals surface area contributed by atoms with Gasteiger partial charge in [-0.3, -0.25) is 9.78 Å². The summed E-state index contributed by atoms with van der Waals surface area (Å²) in [4.78, 5) is 18.2. The number of carbonyl (C=O) groups is 1. The number of anilines is 1. The van der Waals surface area contributed by atoms with Crippen molar-refractivity contribution in [2.45, 2.75) is 25.3 Å². The van der Waals surface area contributed by atoms with Gasteiger partial charge in [0.15, 0.2) is 6.10 Å². The highest BCUT2D eigenvalue weighted by molar-refractivity contribution is 6.31. The molecule has 0 fully saturated rings. The largest absolute Gasteiger partial charge is 0.417 e. The van der Waals surface area contributed by atoms with Crippen molar-refractivity contribution in [3.8, 4) is 0 Å². The highest BCUT2D eigenvalue weighted by atomic mass is 35.5. The van der Waals surface area contributed by atoms with Crippen LogP contribution in [0, 0.1) is 5.82 Å². The van der Waals surface area contributed by atoms with Gasteiger partial charge < -0.3 is 15.1 Å². The number of nitrogens with zero attached hydrogens (tertiary/aromatic N) is 2. The highest BCUT2D eigenvalue weighted by Gasteiger charge is 2.31. The molecule has 2 aromatic carbocycles. The SMILES string of the molecule is O=C([C@@H](O)c1ccc(F)cc1)N(CCc1ccc(C(F)(F)F)cn1)c1ccc(Cl)c(CO)c1. The number of carbonyl (C=O) groups excluding carboxylic acids is 1. The first-order valence-corrected chi connectivity index (χ1v) is 10.1. The summed E-state index contributed by atoms with van der Waals surface area (Å²) in [5.74, 6) is -1.28. The van der Waals surface area contributed by atoms with Crippen molar-refractivity contribution in [2.75, 3.05) is 11.4 Å². The van der Waals surface area contributed by atoms with Crippen molar-refractivity contribution in [1.29, 1.82) is 0 Å². The van der Waals surface area contributed by atoms with E-state index >= 15 is 0 Å². The summed E-state index contributed by atoms with van der Waals surface area (Å²) in [6.07, 6.45) is -5.35. The van der Waals surface area contributed by atoms with E-state index in [0.717, 1.165) is 18.2 Å². The molecular weight excluding hydrogens is 464 g/mol. The topological polar surface area (TPSA) is 73.7 Å². The Morgan fingerprint density at radius 3 is 2.36 bits per heavy atom. The summed E-state index contributed by atoms with van der Waals surface area (Å²) >= 11 is 6.03. The number of benzene rings is 2. The van der Waals surface area contributed by atoms with Gasteiger partial charge in [-0.05, 0) is 53.6 Å². The molecule has 174 valence electrons. The highest BCUT2D eigenvalue weighted by Crippen LogP contribution is 2.29. The fourth-order valence-electron chi connectivity index (χ4n) is 3.12. The lowest BCUT2D eigenvalue weighted by Gasteiger charge is -2.26. The van der Waals surface area contributed by atoms with Crippen LogP contribution in [0.1, 0.15) is 28.5 Å². The van der Waals surface area contributed by atoms with E-state index in [0.29, 0.717) is 23.1 Å². The molecule has 0 aliphatic carbocycles. The molecule has 0 radical (unpaired) electrons. The zero-order valence-electron chi connectivity index (χ0n) is 17.1. The molecule has 10 heteroatoms. The summed E-state index contributed by atoms with van der Waals surface area (Å²) in [7, 11) is 0. The number of aliphatic hydroxyl groups excluding tert-OH is 2. The van der Waals surface area contributed by atoms with Crippen molar-refractivity contribution >= 4 is 23.2 Å². The van der Waals surface area contributed by atoms with Crippen LogP contribution in [0.15, 0.2) is 60.8 Å². The van der Waals surface area contributed by atoms with E-state index in [1.54, 1.807) is 0 Å². The molecule has 0 aliphatic heterocycles. The van der Waals surface area contributed by atoms with Crippen LogP contribution in [0.25, 0.3) is 0 Å². The minimum absolute atomic E-state index is 0.0397. The molecule has 2 N–H and O–H groups in total. The normalized spacial score (nSPS) is 12.5. The fourth-order valence-corrected chi connectivity index (χ4v) is 3.30. The van der Waals surface area contributed by atoms with E-state index in [-0.39, 0.29) is 23.6 Å². The Labute approximate surface area is 191 Å². The molecule has 0 unspecified atom stereocenters. The van der Waals surface area contributed by atoms with Crippen molar-refractivity contribution in [1.82, 2.24) is 4.98 Å². The molecule has 3 rings (SSSR count). The van der Waals surface area contributed by atoms with Crippen molar-refractivity contribution in [3.63, 3.8) is 0 Å². The van der Waals surface area contributed by atoms with Crippen LogP contribution in [-0.2, 0) is 24.0 Å². The van der Waals surface area contributed by atoms with Gasteiger partial charge >= 0.3 is 6.18 Å². The van der Waals surface area contributed by atoms with Crippen LogP contribution in [0.3, 0.4) is 0 Å². The number of hydrogen-bond donors (Lipinski definition) is 2. The minimum atomic E-state index is -4.52. The molecule has 1 heterocycles. The number of aromatic nitrogens is 1. The molecule has 0 saturated carbocycles. The van der Waals surface area contributed by atoms with Gasteiger partial charge in [0.05, 0.1) is 12.2 Å². The molecule has 0 saturated heterocycles. The third kappa shape index (κ3) is 6.07. The number of rotatable bonds is 7. The Kier molecular flexibility index (Phi) is 7.68. The standard InChI is InChI=1S/C23H19ClF4N2O3/c24-20-8-7-19(11-15(20)13-31)30(22(33)21(32)14-1-4-17(25)5-2-14)10-9-18-6-3-16(12-29-18)23(26,27)28/h1-8,11-12,21,31-32H,9-10,13H2/t21-/m0/s1. The van der Waals surface area contributed by atoms with Crippen molar-refractivity contribution in [2.24, 2.45) is 0 Å². The van der Waals surface area contributed by atoms with Gasteiger partial charge in [-0.2, -0.15) is 13.2 Å². The molecule has 0 aliphatic rings. The van der Waals surface area contributed by atoms with Crippen LogP contribution in [0.5, 0.6) is 0 Å². The predicted octanol–water partition coefficient (Wildman–Crippen LogP) is 4.69. The van der Waals surface area contributed by atoms with Gasteiger partial charge in [-0.15, -0.1) is 0 Å². The summed E-state index contributed by atoms with van der Waals surface area (Å²) in [6, 6.07) is 11.3. The number of hydrogen-bond acceptors (Lipinski definition) is 4. The average Bonchev–Trinajstić information content (AvgIpc) is 2.79. The minimum Gasteiger partial charge on any atom is -0.392 e. The van der Waals surface area contributed by atoms with Crippen LogP contribution in [0.4, 0.5) is 23.2 Å². The second-order valence-electron chi connectivity index (χ2n) is 7.16. The van der Waals surface area contributed by atoms with E-state index in [1.165, 1.54) is 41.3 Å². The van der Waals surface area contributed by atoms with E-state index < -0.39 is 36.2 Å². The monoisotopic (exact) mass is 482 g/mol. The quantitative estimate of drug-likeness (QED) is 0.479. The molecule has 1 atom stereocenters. The molecule has 3 aromatic rings. The Hall–Kier alpha value is -3.01. The van der Waals surface area contributed by atoms with Crippen molar-refractivity contribution < 1.29 is 32.6 Å². The molecule has 0 spiro atoms. The Bertz CT molecular complexity index is 1110. The summed E-state index contributed by atoms with van der Waals surface area (Å²) in [5.41, 5.74) is 0.220. The van der Waals surface area contributed by atoms with Gasteiger partial charge in [-0.25, -0.2) is 4.39 Å². The molecule has 1 aromatic heterocycles. The van der Waals surface area contributed by atoms with E-state index in [9.17, 15) is 32.6 Å². The van der Waals surface area contributed by atoms with E-state index in [2.05, 4.69) is 4.98 Å². The summed E-state index contributed by atoms with van der Waals surface area (Å²) in [6.45, 7) is -0.433. The Balaban J connectivity index is 1.88. The first-order valence-electron chi connectivity index (χ1n) is 9.76. The van der Waals surface area contributed by atoms with E-state index in [4.69, 9.17) is 11.6 Å². The smallest absolute Gasteiger partial charge is 0.392 e.